The summed E-state index contributed by atoms with van der Waals surface area (Å²) >= 11 is 0. The van der Waals surface area contributed by atoms with E-state index in [1.165, 1.54) is 0 Å². The number of alkyl halides is 3. The fourth-order valence-electron chi connectivity index (χ4n) is 6.53. The quantitative estimate of drug-likeness (QED) is 0.615. The number of hydrogen-bond acceptors (Lipinski definition) is 3. The summed E-state index contributed by atoms with van der Waals surface area (Å²) in [5.41, 5.74) is -4.40. The van der Waals surface area contributed by atoms with Gasteiger partial charge in [0.05, 0.1) is 18.6 Å². The number of piperidine rings is 1. The van der Waals surface area contributed by atoms with Crippen molar-refractivity contribution in [1.82, 2.24) is 15.5 Å². The van der Waals surface area contributed by atoms with E-state index in [-0.39, 0.29) is 54.9 Å². The molecule has 3 unspecified atom stereocenters. The van der Waals surface area contributed by atoms with Crippen LogP contribution in [0.15, 0.2) is 11.8 Å². The molecule has 3 aliphatic carbocycles. The van der Waals surface area contributed by atoms with Crippen LogP contribution >= 0.6 is 0 Å². The summed E-state index contributed by atoms with van der Waals surface area (Å²) in [4.78, 5) is 27.7. The molecular formula is C25H38F3N3O2. The molecule has 1 heterocycles. The van der Waals surface area contributed by atoms with E-state index in [2.05, 4.69) is 15.5 Å². The van der Waals surface area contributed by atoms with E-state index in [4.69, 9.17) is 0 Å². The van der Waals surface area contributed by atoms with Gasteiger partial charge in [-0.25, -0.2) is 8.78 Å². The van der Waals surface area contributed by atoms with Crippen LogP contribution in [0.25, 0.3) is 0 Å². The number of carbonyl (C=O) groups excluding carboxylic acids is 2. The minimum atomic E-state index is -1.96. The molecule has 3 atom stereocenters. The Morgan fingerprint density at radius 1 is 1.06 bits per heavy atom. The van der Waals surface area contributed by atoms with Gasteiger partial charge in [-0.05, 0) is 78.8 Å². The molecule has 2 N–H and O–H groups in total. The number of amides is 2. The molecule has 3 fully saturated rings. The molecule has 0 aromatic heterocycles. The van der Waals surface area contributed by atoms with E-state index in [0.29, 0.717) is 19.4 Å². The monoisotopic (exact) mass is 469 g/mol. The number of carbonyl (C=O) groups is 2. The Hall–Kier alpha value is -1.57. The van der Waals surface area contributed by atoms with Crippen LogP contribution in [0.4, 0.5) is 13.2 Å². The predicted molar refractivity (Wildman–Crippen MR) is 121 cm³/mol. The fraction of sp³-hybridized carbons (Fsp3) is 0.840. The lowest BCUT2D eigenvalue weighted by Gasteiger charge is -2.52. The average Bonchev–Trinajstić information content (AvgIpc) is 3.32. The van der Waals surface area contributed by atoms with E-state index in [1.54, 1.807) is 0 Å². The summed E-state index contributed by atoms with van der Waals surface area (Å²) in [6.07, 6.45) is 4.17. The van der Waals surface area contributed by atoms with Crippen LogP contribution in [0.3, 0.4) is 0 Å². The number of nitrogens with one attached hydrogen (secondary N) is 2. The van der Waals surface area contributed by atoms with Crippen LogP contribution in [0.2, 0.25) is 0 Å². The number of rotatable bonds is 6. The van der Waals surface area contributed by atoms with Crippen LogP contribution in [-0.4, -0.2) is 59.9 Å². The largest absolute Gasteiger partial charge is 0.350 e. The summed E-state index contributed by atoms with van der Waals surface area (Å²) in [5.74, 6) is -0.304. The molecule has 186 valence electrons. The summed E-state index contributed by atoms with van der Waals surface area (Å²) in [7, 11) is 0. The third-order valence-corrected chi connectivity index (χ3v) is 8.00. The Morgan fingerprint density at radius 2 is 1.76 bits per heavy atom. The van der Waals surface area contributed by atoms with Gasteiger partial charge in [-0.15, -0.1) is 0 Å². The third kappa shape index (κ3) is 5.25. The van der Waals surface area contributed by atoms with E-state index in [0.717, 1.165) is 31.6 Å². The maximum absolute atomic E-state index is 15.4. The van der Waals surface area contributed by atoms with Gasteiger partial charge < -0.3 is 10.6 Å². The van der Waals surface area contributed by atoms with Crippen molar-refractivity contribution < 1.29 is 22.8 Å². The van der Waals surface area contributed by atoms with E-state index in [9.17, 15) is 14.0 Å². The van der Waals surface area contributed by atoms with Crippen molar-refractivity contribution in [3.63, 3.8) is 0 Å². The molecular weight excluding hydrogens is 431 g/mol. The van der Waals surface area contributed by atoms with Crippen molar-refractivity contribution in [3.05, 3.63) is 11.8 Å². The third-order valence-electron chi connectivity index (χ3n) is 8.00. The first-order chi connectivity index (χ1) is 15.3. The molecule has 8 heteroatoms. The van der Waals surface area contributed by atoms with Gasteiger partial charge in [-0.2, -0.15) is 0 Å². The molecule has 2 saturated carbocycles. The molecule has 2 bridgehead atoms. The standard InChI is InChI=1S/C25H38F3N3O2/c1-21(2,3)30-19(32)14-31-11-8-22(9-12-31)13-18(22)29-20(33)23-5-4-6-24(27,15-23)17-25(28,16-23)7-10-26/h13H,4-12,14-17H2,1-3H3,(H,29,33)(H,30,32). The first-order valence-corrected chi connectivity index (χ1v) is 12.3. The smallest absolute Gasteiger partial charge is 0.234 e. The minimum Gasteiger partial charge on any atom is -0.350 e. The summed E-state index contributed by atoms with van der Waals surface area (Å²) in [6.45, 7) is 6.86. The van der Waals surface area contributed by atoms with Crippen LogP contribution in [0, 0.1) is 10.8 Å². The molecule has 1 saturated heterocycles. The zero-order valence-corrected chi connectivity index (χ0v) is 20.2. The zero-order valence-electron chi connectivity index (χ0n) is 20.2. The molecule has 5 nitrogen and oxygen atoms in total. The van der Waals surface area contributed by atoms with E-state index < -0.39 is 23.4 Å². The molecule has 4 aliphatic rings. The molecule has 4 rings (SSSR count). The predicted octanol–water partition coefficient (Wildman–Crippen LogP) is 4.13. The minimum absolute atomic E-state index is 0.00196. The Bertz CT molecular complexity index is 833. The Kier molecular flexibility index (Phi) is 6.16. The zero-order chi connectivity index (χ0) is 24.1. The maximum Gasteiger partial charge on any atom is 0.234 e. The lowest BCUT2D eigenvalue weighted by molar-refractivity contribution is -0.154. The molecule has 0 radical (unpaired) electrons. The highest BCUT2D eigenvalue weighted by Crippen LogP contribution is 2.59. The normalized spacial score (nSPS) is 35.6. The SMILES string of the molecule is CC(C)(C)NC(=O)CN1CCC2(C=C2NC(=O)C23CCCC(F)(CC(F)(CCF)C2)C3)CC1. The van der Waals surface area contributed by atoms with Gasteiger partial charge in [0.25, 0.3) is 0 Å². The number of likely N-dealkylation sites (tertiary alicyclic amines) is 1. The lowest BCUT2D eigenvalue weighted by Crippen LogP contribution is -2.57. The van der Waals surface area contributed by atoms with Crippen molar-refractivity contribution in [2.75, 3.05) is 26.3 Å². The number of hydrogen-bond donors (Lipinski definition) is 2. The maximum atomic E-state index is 15.4. The van der Waals surface area contributed by atoms with Crippen LogP contribution < -0.4 is 10.6 Å². The van der Waals surface area contributed by atoms with Crippen molar-refractivity contribution >= 4 is 11.8 Å². The average molecular weight is 470 g/mol. The number of halogens is 3. The van der Waals surface area contributed by atoms with Crippen LogP contribution in [0.1, 0.15) is 78.6 Å². The Morgan fingerprint density at radius 3 is 2.39 bits per heavy atom. The molecule has 33 heavy (non-hydrogen) atoms. The van der Waals surface area contributed by atoms with Gasteiger partial charge in [0.2, 0.25) is 11.8 Å². The van der Waals surface area contributed by atoms with Gasteiger partial charge in [0.15, 0.2) is 0 Å². The van der Waals surface area contributed by atoms with Gasteiger partial charge in [-0.1, -0.05) is 6.08 Å². The van der Waals surface area contributed by atoms with Crippen molar-refractivity contribution in [1.29, 1.82) is 0 Å². The second-order valence-corrected chi connectivity index (χ2v) is 12.1. The topological polar surface area (TPSA) is 61.4 Å². The second-order valence-electron chi connectivity index (χ2n) is 12.1. The van der Waals surface area contributed by atoms with Gasteiger partial charge in [-0.3, -0.25) is 18.9 Å². The number of nitrogens with zero attached hydrogens (tertiary/aromatic N) is 1. The Labute approximate surface area is 194 Å². The van der Waals surface area contributed by atoms with Gasteiger partial charge in [0.1, 0.15) is 11.3 Å². The highest BCUT2D eigenvalue weighted by molar-refractivity contribution is 5.86. The van der Waals surface area contributed by atoms with Crippen LogP contribution in [0.5, 0.6) is 0 Å². The van der Waals surface area contributed by atoms with Gasteiger partial charge >= 0.3 is 0 Å². The van der Waals surface area contributed by atoms with Crippen molar-refractivity contribution in [2.24, 2.45) is 10.8 Å². The van der Waals surface area contributed by atoms with E-state index in [1.807, 2.05) is 26.8 Å². The van der Waals surface area contributed by atoms with Crippen molar-refractivity contribution in [3.8, 4) is 0 Å². The van der Waals surface area contributed by atoms with Crippen molar-refractivity contribution in [2.45, 2.75) is 95.4 Å². The second kappa shape index (κ2) is 8.28. The first kappa shape index (κ1) is 24.6. The van der Waals surface area contributed by atoms with Gasteiger partial charge in [0, 0.05) is 29.5 Å². The molecule has 2 amide bonds. The molecule has 0 aromatic carbocycles. The number of fused-ring (bicyclic) bond motifs is 2. The highest BCUT2D eigenvalue weighted by atomic mass is 19.2. The van der Waals surface area contributed by atoms with E-state index >= 15 is 8.78 Å². The first-order valence-electron chi connectivity index (χ1n) is 12.3. The number of allylic oxidation sites excluding steroid dienone is 2. The Balaban J connectivity index is 1.33. The summed E-state index contributed by atoms with van der Waals surface area (Å²) in [5, 5.41) is 5.99. The molecule has 1 spiro atoms. The lowest BCUT2D eigenvalue weighted by atomic mass is 9.55. The molecule has 1 aliphatic heterocycles. The summed E-state index contributed by atoms with van der Waals surface area (Å²) in [6, 6.07) is 0. The molecule has 0 aromatic rings. The summed E-state index contributed by atoms with van der Waals surface area (Å²) < 4.78 is 43.8. The fourth-order valence-corrected chi connectivity index (χ4v) is 6.53. The van der Waals surface area contributed by atoms with Crippen LogP contribution in [-0.2, 0) is 9.59 Å². The highest BCUT2D eigenvalue weighted by Gasteiger charge is 2.61.